The third-order valence-corrected chi connectivity index (χ3v) is 2.59. The van der Waals surface area contributed by atoms with Crippen molar-refractivity contribution in [1.82, 2.24) is 10.6 Å². The van der Waals surface area contributed by atoms with Gasteiger partial charge in [-0.05, 0) is 12.5 Å². The van der Waals surface area contributed by atoms with E-state index in [9.17, 15) is 14.7 Å². The maximum Gasteiger partial charge on any atom is 0.408 e. The molecule has 0 fully saturated rings. The van der Waals surface area contributed by atoms with Crippen molar-refractivity contribution in [2.75, 3.05) is 6.54 Å². The number of rotatable bonds is 6. The highest BCUT2D eigenvalue weighted by atomic mass is 16.5. The van der Waals surface area contributed by atoms with Gasteiger partial charge in [-0.15, -0.1) is 0 Å². The molecule has 0 radical (unpaired) electrons. The number of carbonyl (C=O) groups excluding carboxylic acids is 2. The number of ether oxygens (including phenoxy) is 1. The number of alkyl carbamates (subject to hydrolysis) is 1. The van der Waals surface area contributed by atoms with Crippen LogP contribution in [0, 0.1) is 11.3 Å². The van der Waals surface area contributed by atoms with Crippen molar-refractivity contribution in [2.45, 2.75) is 25.7 Å². The zero-order chi connectivity index (χ0) is 15.7. The molecule has 21 heavy (non-hydrogen) atoms. The van der Waals surface area contributed by atoms with E-state index in [1.807, 2.05) is 18.2 Å². The van der Waals surface area contributed by atoms with Gasteiger partial charge in [-0.2, -0.15) is 5.26 Å². The number of amides is 2. The number of aliphatic hydroxyl groups excluding tert-OH is 1. The summed E-state index contributed by atoms with van der Waals surface area (Å²) < 4.78 is 4.96. The monoisotopic (exact) mass is 291 g/mol. The molecular formula is C14H17N3O4. The van der Waals surface area contributed by atoms with Crippen molar-refractivity contribution in [3.63, 3.8) is 0 Å². The van der Waals surface area contributed by atoms with Crippen LogP contribution in [0.1, 0.15) is 12.5 Å². The molecule has 0 heterocycles. The Morgan fingerprint density at radius 3 is 2.62 bits per heavy atom. The second kappa shape index (κ2) is 8.55. The van der Waals surface area contributed by atoms with Gasteiger partial charge in [-0.1, -0.05) is 30.3 Å². The molecule has 112 valence electrons. The van der Waals surface area contributed by atoms with Gasteiger partial charge in [0, 0.05) is 0 Å². The SMILES string of the molecule is C[C@@H](O)[C@@H](NC(=O)OCc1ccccc1)C(=O)NCC#N. The minimum Gasteiger partial charge on any atom is -0.445 e. The Hall–Kier alpha value is -2.59. The van der Waals surface area contributed by atoms with Crippen LogP contribution in [0.4, 0.5) is 4.79 Å². The second-order valence-corrected chi connectivity index (χ2v) is 4.30. The summed E-state index contributed by atoms with van der Waals surface area (Å²) in [6.07, 6.45) is -1.94. The predicted molar refractivity (Wildman–Crippen MR) is 73.9 cm³/mol. The van der Waals surface area contributed by atoms with E-state index in [1.165, 1.54) is 6.92 Å². The molecule has 7 heteroatoms. The molecule has 1 aromatic rings. The number of carbonyl (C=O) groups is 2. The van der Waals surface area contributed by atoms with Crippen molar-refractivity contribution in [1.29, 1.82) is 5.26 Å². The van der Waals surface area contributed by atoms with Gasteiger partial charge in [0.25, 0.3) is 0 Å². The Labute approximate surface area is 122 Å². The van der Waals surface area contributed by atoms with E-state index in [4.69, 9.17) is 10.00 Å². The van der Waals surface area contributed by atoms with Crippen molar-refractivity contribution in [2.24, 2.45) is 0 Å². The fraction of sp³-hybridized carbons (Fsp3) is 0.357. The lowest BCUT2D eigenvalue weighted by Crippen LogP contribution is -2.52. The largest absolute Gasteiger partial charge is 0.445 e. The first kappa shape index (κ1) is 16.5. The summed E-state index contributed by atoms with van der Waals surface area (Å²) in [4.78, 5) is 23.3. The van der Waals surface area contributed by atoms with E-state index in [1.54, 1.807) is 18.2 Å². The Morgan fingerprint density at radius 1 is 1.38 bits per heavy atom. The van der Waals surface area contributed by atoms with Crippen LogP contribution < -0.4 is 10.6 Å². The van der Waals surface area contributed by atoms with Crippen molar-refractivity contribution >= 4 is 12.0 Å². The minimum absolute atomic E-state index is 0.0546. The summed E-state index contributed by atoms with van der Waals surface area (Å²) in [6.45, 7) is 1.20. The minimum atomic E-state index is -1.18. The molecule has 7 nitrogen and oxygen atoms in total. The first-order chi connectivity index (χ1) is 10.0. The van der Waals surface area contributed by atoms with Gasteiger partial charge < -0.3 is 20.5 Å². The maximum atomic E-state index is 11.7. The number of nitriles is 1. The van der Waals surface area contributed by atoms with Gasteiger partial charge >= 0.3 is 6.09 Å². The maximum absolute atomic E-state index is 11.7. The molecular weight excluding hydrogens is 274 g/mol. The van der Waals surface area contributed by atoms with Crippen LogP contribution in [-0.4, -0.2) is 35.8 Å². The van der Waals surface area contributed by atoms with E-state index >= 15 is 0 Å². The van der Waals surface area contributed by atoms with Crippen LogP contribution in [0.3, 0.4) is 0 Å². The van der Waals surface area contributed by atoms with E-state index in [0.29, 0.717) is 0 Å². The first-order valence-corrected chi connectivity index (χ1v) is 6.34. The van der Waals surface area contributed by atoms with Gasteiger partial charge in [0.15, 0.2) is 0 Å². The number of aliphatic hydroxyl groups is 1. The van der Waals surface area contributed by atoms with Crippen LogP contribution in [0.2, 0.25) is 0 Å². The molecule has 2 amide bonds. The van der Waals surface area contributed by atoms with E-state index < -0.39 is 24.1 Å². The van der Waals surface area contributed by atoms with Crippen molar-refractivity contribution < 1.29 is 19.4 Å². The zero-order valence-corrected chi connectivity index (χ0v) is 11.6. The second-order valence-electron chi connectivity index (χ2n) is 4.30. The third kappa shape index (κ3) is 5.93. The Balaban J connectivity index is 2.49. The number of nitrogens with zero attached hydrogens (tertiary/aromatic N) is 1. The molecule has 0 aliphatic heterocycles. The van der Waals surface area contributed by atoms with E-state index in [2.05, 4.69) is 10.6 Å². The van der Waals surface area contributed by atoms with Crippen molar-refractivity contribution in [3.8, 4) is 6.07 Å². The number of benzene rings is 1. The molecule has 2 atom stereocenters. The average Bonchev–Trinajstić information content (AvgIpc) is 2.49. The smallest absolute Gasteiger partial charge is 0.408 e. The number of hydrogen-bond acceptors (Lipinski definition) is 5. The molecule has 0 saturated heterocycles. The quantitative estimate of drug-likeness (QED) is 0.653. The van der Waals surface area contributed by atoms with Crippen LogP contribution in [-0.2, 0) is 16.1 Å². The highest BCUT2D eigenvalue weighted by molar-refractivity contribution is 5.86. The lowest BCUT2D eigenvalue weighted by atomic mass is 10.1. The molecule has 0 unspecified atom stereocenters. The molecule has 0 aliphatic rings. The molecule has 0 saturated carbocycles. The summed E-state index contributed by atoms with van der Waals surface area (Å²) >= 11 is 0. The first-order valence-electron chi connectivity index (χ1n) is 6.34. The van der Waals surface area contributed by atoms with E-state index in [0.717, 1.165) is 5.56 Å². The van der Waals surface area contributed by atoms with Gasteiger partial charge in [0.2, 0.25) is 5.91 Å². The molecule has 0 aromatic heterocycles. The number of hydrogen-bond donors (Lipinski definition) is 3. The summed E-state index contributed by atoms with van der Waals surface area (Å²) in [7, 11) is 0. The van der Waals surface area contributed by atoms with Crippen LogP contribution in [0.5, 0.6) is 0 Å². The summed E-state index contributed by atoms with van der Waals surface area (Å²) in [5.74, 6) is -0.650. The standard InChI is InChI=1S/C14H17N3O4/c1-10(18)12(13(19)16-8-7-15)17-14(20)21-9-11-5-3-2-4-6-11/h2-6,10,12,18H,8-9H2,1H3,(H,16,19)(H,17,20)/t10-,12-/m1/s1. The fourth-order valence-corrected chi connectivity index (χ4v) is 1.53. The normalized spacial score (nSPS) is 12.6. The Bertz CT molecular complexity index is 511. The molecule has 0 bridgehead atoms. The van der Waals surface area contributed by atoms with Crippen LogP contribution >= 0.6 is 0 Å². The Morgan fingerprint density at radius 2 is 2.05 bits per heavy atom. The highest BCUT2D eigenvalue weighted by Gasteiger charge is 2.25. The van der Waals surface area contributed by atoms with Crippen LogP contribution in [0.15, 0.2) is 30.3 Å². The predicted octanol–water partition coefficient (Wildman–Crippen LogP) is 0.302. The molecule has 3 N–H and O–H groups in total. The zero-order valence-electron chi connectivity index (χ0n) is 11.6. The molecule has 1 rings (SSSR count). The molecule has 0 aliphatic carbocycles. The summed E-state index contributed by atoms with van der Waals surface area (Å²) in [6, 6.07) is 9.60. The molecule has 1 aromatic carbocycles. The van der Waals surface area contributed by atoms with Crippen molar-refractivity contribution in [3.05, 3.63) is 35.9 Å². The lowest BCUT2D eigenvalue weighted by molar-refractivity contribution is -0.125. The average molecular weight is 291 g/mol. The van der Waals surface area contributed by atoms with Gasteiger partial charge in [-0.3, -0.25) is 4.79 Å². The van der Waals surface area contributed by atoms with Gasteiger partial charge in [-0.25, -0.2) is 4.79 Å². The lowest BCUT2D eigenvalue weighted by Gasteiger charge is -2.19. The highest BCUT2D eigenvalue weighted by Crippen LogP contribution is 2.01. The summed E-state index contributed by atoms with van der Waals surface area (Å²) in [5, 5.41) is 22.4. The van der Waals surface area contributed by atoms with Crippen LogP contribution in [0.25, 0.3) is 0 Å². The fourth-order valence-electron chi connectivity index (χ4n) is 1.53. The molecule has 0 spiro atoms. The number of nitrogens with one attached hydrogen (secondary N) is 2. The van der Waals surface area contributed by atoms with E-state index in [-0.39, 0.29) is 13.2 Å². The topological polar surface area (TPSA) is 111 Å². The third-order valence-electron chi connectivity index (χ3n) is 2.59. The van der Waals surface area contributed by atoms with Gasteiger partial charge in [0.05, 0.1) is 12.2 Å². The summed E-state index contributed by atoms with van der Waals surface area (Å²) in [5.41, 5.74) is 0.801. The van der Waals surface area contributed by atoms with Gasteiger partial charge in [0.1, 0.15) is 19.2 Å². The Kier molecular flexibility index (Phi) is 6.71.